The number of nitrogen functional groups attached to an aromatic ring is 1. The maximum absolute atomic E-state index is 14.3. The fourth-order valence-electron chi connectivity index (χ4n) is 4.32. The first-order valence-corrected chi connectivity index (χ1v) is 14.0. The molecule has 0 bridgehead atoms. The summed E-state index contributed by atoms with van der Waals surface area (Å²) in [6.07, 6.45) is 2.20. The van der Waals surface area contributed by atoms with Gasteiger partial charge in [-0.25, -0.2) is 27.2 Å². The monoisotopic (exact) mass is 567 g/mol. The van der Waals surface area contributed by atoms with Crippen molar-refractivity contribution in [1.82, 2.24) is 14.9 Å². The van der Waals surface area contributed by atoms with Crippen LogP contribution in [0.2, 0.25) is 5.02 Å². The molecule has 0 radical (unpaired) electrons. The molecule has 2 unspecified atom stereocenters. The van der Waals surface area contributed by atoms with Crippen molar-refractivity contribution in [3.8, 4) is 17.1 Å². The van der Waals surface area contributed by atoms with E-state index in [1.54, 1.807) is 24.3 Å². The van der Waals surface area contributed by atoms with Crippen LogP contribution in [-0.4, -0.2) is 59.9 Å². The van der Waals surface area contributed by atoms with Crippen LogP contribution >= 0.6 is 11.6 Å². The third-order valence-corrected chi connectivity index (χ3v) is 8.00. The van der Waals surface area contributed by atoms with E-state index >= 15 is 0 Å². The number of hydrogen-bond acceptors (Lipinski definition) is 8. The second-order valence-corrected chi connectivity index (χ2v) is 11.2. The standard InChI is InChI=1S/C25H28ClF2N5O4S/c1-15(22-19(27)8-9-20(28)23(22)26)37-25-24(29)30-13-21(31-25)16-4-6-17(7-5-16)32-38(35,36)12-11-33-10-2-3-18(33)14-34/h4-9,13,15,18,32,34H,2-3,10-12,14H2,1H3,(H2,29,30). The first kappa shape index (κ1) is 28.0. The summed E-state index contributed by atoms with van der Waals surface area (Å²) in [4.78, 5) is 10.4. The van der Waals surface area contributed by atoms with Crippen molar-refractivity contribution in [2.45, 2.75) is 31.9 Å². The Hall–Kier alpha value is -3.06. The van der Waals surface area contributed by atoms with Crippen LogP contribution in [0.15, 0.2) is 42.6 Å². The van der Waals surface area contributed by atoms with Gasteiger partial charge >= 0.3 is 0 Å². The molecule has 13 heteroatoms. The zero-order chi connectivity index (χ0) is 27.4. The molecule has 1 aliphatic rings. The van der Waals surface area contributed by atoms with Crippen LogP contribution in [0.25, 0.3) is 11.3 Å². The molecular weight excluding hydrogens is 540 g/mol. The van der Waals surface area contributed by atoms with E-state index < -0.39 is 32.8 Å². The quantitative estimate of drug-likeness (QED) is 0.313. The lowest BCUT2D eigenvalue weighted by atomic mass is 10.1. The van der Waals surface area contributed by atoms with Gasteiger partial charge in [0.25, 0.3) is 5.88 Å². The molecule has 2 aromatic carbocycles. The van der Waals surface area contributed by atoms with E-state index in [-0.39, 0.29) is 35.7 Å². The molecule has 0 spiro atoms. The number of sulfonamides is 1. The van der Waals surface area contributed by atoms with Gasteiger partial charge in [-0.3, -0.25) is 9.62 Å². The molecule has 0 aliphatic carbocycles. The fourth-order valence-corrected chi connectivity index (χ4v) is 5.70. The van der Waals surface area contributed by atoms with E-state index in [4.69, 9.17) is 22.1 Å². The van der Waals surface area contributed by atoms with E-state index in [0.29, 0.717) is 23.5 Å². The molecule has 1 aliphatic heterocycles. The Morgan fingerprint density at radius 1 is 1.24 bits per heavy atom. The summed E-state index contributed by atoms with van der Waals surface area (Å²) in [7, 11) is -3.60. The van der Waals surface area contributed by atoms with E-state index in [9.17, 15) is 22.3 Å². The molecule has 3 aromatic rings. The SMILES string of the molecule is CC(Oc1nc(-c2ccc(NS(=O)(=O)CCN3CCCC3CO)cc2)cnc1N)c1c(F)ccc(F)c1Cl. The van der Waals surface area contributed by atoms with Crippen molar-refractivity contribution in [2.24, 2.45) is 0 Å². The Balaban J connectivity index is 1.44. The predicted octanol–water partition coefficient (Wildman–Crippen LogP) is 4.00. The molecule has 1 fully saturated rings. The number of hydrogen-bond donors (Lipinski definition) is 3. The Morgan fingerprint density at radius 2 is 1.95 bits per heavy atom. The van der Waals surface area contributed by atoms with Crippen molar-refractivity contribution in [3.63, 3.8) is 0 Å². The second-order valence-electron chi connectivity index (χ2n) is 8.98. The lowest BCUT2D eigenvalue weighted by Crippen LogP contribution is -2.36. The molecule has 38 heavy (non-hydrogen) atoms. The van der Waals surface area contributed by atoms with Crippen molar-refractivity contribution in [3.05, 3.63) is 64.8 Å². The Kier molecular flexibility index (Phi) is 8.66. The summed E-state index contributed by atoms with van der Waals surface area (Å²) in [5, 5.41) is 9.02. The van der Waals surface area contributed by atoms with Crippen LogP contribution in [-0.2, 0) is 10.0 Å². The van der Waals surface area contributed by atoms with Crippen LogP contribution in [0, 0.1) is 11.6 Å². The lowest BCUT2D eigenvalue weighted by molar-refractivity contribution is 0.165. The smallest absolute Gasteiger partial charge is 0.258 e. The van der Waals surface area contributed by atoms with Crippen LogP contribution in [0.3, 0.4) is 0 Å². The number of nitrogens with one attached hydrogen (secondary N) is 1. The van der Waals surface area contributed by atoms with E-state index in [2.05, 4.69) is 14.7 Å². The number of aliphatic hydroxyl groups excluding tert-OH is 1. The molecule has 4 rings (SSSR count). The average molecular weight is 568 g/mol. The van der Waals surface area contributed by atoms with Crippen LogP contribution in [0.1, 0.15) is 31.4 Å². The van der Waals surface area contributed by atoms with Gasteiger partial charge in [-0.1, -0.05) is 23.7 Å². The maximum Gasteiger partial charge on any atom is 0.258 e. The summed E-state index contributed by atoms with van der Waals surface area (Å²) < 4.78 is 61.5. The van der Waals surface area contributed by atoms with E-state index in [1.807, 2.05) is 4.90 Å². The van der Waals surface area contributed by atoms with Gasteiger partial charge in [-0.05, 0) is 50.6 Å². The number of aliphatic hydroxyl groups is 1. The normalized spacial score (nSPS) is 16.9. The van der Waals surface area contributed by atoms with Gasteiger partial charge in [0.15, 0.2) is 5.82 Å². The first-order chi connectivity index (χ1) is 18.1. The average Bonchev–Trinajstić information content (AvgIpc) is 3.35. The Morgan fingerprint density at radius 3 is 2.66 bits per heavy atom. The van der Waals surface area contributed by atoms with Crippen LogP contribution in [0.4, 0.5) is 20.3 Å². The maximum atomic E-state index is 14.3. The highest BCUT2D eigenvalue weighted by Gasteiger charge is 2.25. The number of nitrogens with two attached hydrogens (primary N) is 1. The summed E-state index contributed by atoms with van der Waals surface area (Å²) in [5.74, 6) is -1.77. The minimum absolute atomic E-state index is 0.00669. The number of halogens is 3. The van der Waals surface area contributed by atoms with Gasteiger partial charge in [-0.2, -0.15) is 0 Å². The Labute approximate surface area is 224 Å². The lowest BCUT2D eigenvalue weighted by Gasteiger charge is -2.22. The minimum atomic E-state index is -3.60. The van der Waals surface area contributed by atoms with Gasteiger partial charge in [0.05, 0.1) is 29.3 Å². The number of nitrogens with zero attached hydrogens (tertiary/aromatic N) is 3. The first-order valence-electron chi connectivity index (χ1n) is 12.0. The Bertz CT molecular complexity index is 1400. The van der Waals surface area contributed by atoms with E-state index in [0.717, 1.165) is 31.5 Å². The molecule has 2 atom stereocenters. The molecular formula is C25H28ClF2N5O4S. The summed E-state index contributed by atoms with van der Waals surface area (Å²) >= 11 is 5.93. The topological polar surface area (TPSA) is 131 Å². The molecule has 0 amide bonds. The molecule has 9 nitrogen and oxygen atoms in total. The molecule has 204 valence electrons. The molecule has 1 aromatic heterocycles. The molecule has 2 heterocycles. The van der Waals surface area contributed by atoms with Gasteiger partial charge in [0.2, 0.25) is 10.0 Å². The highest BCUT2D eigenvalue weighted by molar-refractivity contribution is 7.92. The molecule has 0 saturated carbocycles. The summed E-state index contributed by atoms with van der Waals surface area (Å²) in [6.45, 7) is 2.61. The third-order valence-electron chi connectivity index (χ3n) is 6.35. The highest BCUT2D eigenvalue weighted by atomic mass is 35.5. The number of benzene rings is 2. The van der Waals surface area contributed by atoms with Gasteiger partial charge in [-0.15, -0.1) is 0 Å². The molecule has 1 saturated heterocycles. The molecule has 4 N–H and O–H groups in total. The van der Waals surface area contributed by atoms with E-state index in [1.165, 1.54) is 13.1 Å². The van der Waals surface area contributed by atoms with Crippen LogP contribution in [0.5, 0.6) is 5.88 Å². The number of anilines is 2. The predicted molar refractivity (Wildman–Crippen MR) is 141 cm³/mol. The third kappa shape index (κ3) is 6.49. The largest absolute Gasteiger partial charge is 0.467 e. The van der Waals surface area contributed by atoms with Crippen molar-refractivity contribution in [1.29, 1.82) is 0 Å². The minimum Gasteiger partial charge on any atom is -0.467 e. The van der Waals surface area contributed by atoms with Gasteiger partial charge in [0, 0.05) is 29.4 Å². The summed E-state index contributed by atoms with van der Waals surface area (Å²) in [5.41, 5.74) is 7.05. The zero-order valence-electron chi connectivity index (χ0n) is 20.6. The van der Waals surface area contributed by atoms with Gasteiger partial charge in [0.1, 0.15) is 17.7 Å². The fraction of sp³-hybridized carbons (Fsp3) is 0.360. The van der Waals surface area contributed by atoms with Crippen LogP contribution < -0.4 is 15.2 Å². The van der Waals surface area contributed by atoms with Gasteiger partial charge < -0.3 is 15.6 Å². The van der Waals surface area contributed by atoms with Crippen molar-refractivity contribution >= 4 is 33.1 Å². The highest BCUT2D eigenvalue weighted by Crippen LogP contribution is 2.33. The van der Waals surface area contributed by atoms with Crippen molar-refractivity contribution in [2.75, 3.05) is 35.9 Å². The zero-order valence-corrected chi connectivity index (χ0v) is 22.1. The number of rotatable bonds is 10. The number of ether oxygens (including phenoxy) is 1. The number of likely N-dealkylation sites (tertiary alicyclic amines) is 1. The number of aromatic nitrogens is 2. The second kappa shape index (κ2) is 11.8. The summed E-state index contributed by atoms with van der Waals surface area (Å²) in [6, 6.07) is 8.35. The van der Waals surface area contributed by atoms with Crippen molar-refractivity contribution < 1.29 is 27.0 Å².